The molecule has 0 heteroatoms. The summed E-state index contributed by atoms with van der Waals surface area (Å²) in [4.78, 5) is 0. The van der Waals surface area contributed by atoms with Crippen LogP contribution in [0.25, 0.3) is 0 Å². The summed E-state index contributed by atoms with van der Waals surface area (Å²) in [5.74, 6) is 5.24. The van der Waals surface area contributed by atoms with Crippen LogP contribution in [0.5, 0.6) is 0 Å². The average Bonchev–Trinajstić information content (AvgIpc) is 2.81. The monoisotopic (exact) mass is 422 g/mol. The van der Waals surface area contributed by atoms with Gasteiger partial charge in [-0.05, 0) is 110 Å². The third-order valence-corrected chi connectivity index (χ3v) is 9.50. The number of unbranched alkanes of at least 4 members (excludes halogenated alkanes) is 5. The zero-order valence-electron chi connectivity index (χ0n) is 20.8. The second kappa shape index (κ2) is 11.9. The van der Waals surface area contributed by atoms with E-state index in [9.17, 15) is 0 Å². The number of hydrogen-bond acceptors (Lipinski definition) is 0. The molecule has 0 bridgehead atoms. The molecule has 3 aliphatic carbocycles. The fraction of sp³-hybridized carbons (Fsp3) is 0.806. The Labute approximate surface area is 194 Å². The lowest BCUT2D eigenvalue weighted by Gasteiger charge is -2.45. The number of rotatable bonds is 10. The van der Waals surface area contributed by atoms with Gasteiger partial charge in [-0.3, -0.25) is 0 Å². The molecule has 0 nitrogen and oxygen atoms in total. The molecule has 0 radical (unpaired) electrons. The predicted octanol–water partition coefficient (Wildman–Crippen LogP) is 9.33. The molecule has 31 heavy (non-hydrogen) atoms. The Morgan fingerprint density at radius 1 is 0.677 bits per heavy atom. The highest BCUT2D eigenvalue weighted by Crippen LogP contribution is 2.49. The van der Waals surface area contributed by atoms with Crippen molar-refractivity contribution in [1.29, 1.82) is 0 Å². The second-order valence-electron chi connectivity index (χ2n) is 11.7. The van der Waals surface area contributed by atoms with Crippen molar-refractivity contribution in [3.05, 3.63) is 34.9 Å². The summed E-state index contributed by atoms with van der Waals surface area (Å²) in [7, 11) is 0. The molecule has 0 heterocycles. The van der Waals surface area contributed by atoms with Gasteiger partial charge in [0.15, 0.2) is 0 Å². The highest BCUT2D eigenvalue weighted by molar-refractivity contribution is 5.34. The van der Waals surface area contributed by atoms with Crippen molar-refractivity contribution < 1.29 is 0 Å². The molecule has 0 aromatic heterocycles. The molecular formula is C31H50. The number of hydrogen-bond donors (Lipinski definition) is 0. The van der Waals surface area contributed by atoms with Gasteiger partial charge in [0.1, 0.15) is 0 Å². The topological polar surface area (TPSA) is 0 Å². The minimum absolute atomic E-state index is 0.978. The van der Waals surface area contributed by atoms with Gasteiger partial charge in [0.25, 0.3) is 0 Å². The van der Waals surface area contributed by atoms with Crippen molar-refractivity contribution in [3.63, 3.8) is 0 Å². The van der Waals surface area contributed by atoms with Gasteiger partial charge >= 0.3 is 0 Å². The first-order valence-corrected chi connectivity index (χ1v) is 14.4. The van der Waals surface area contributed by atoms with Crippen LogP contribution in [0.15, 0.2) is 18.2 Å². The molecule has 1 aromatic carbocycles. The van der Waals surface area contributed by atoms with Crippen molar-refractivity contribution in [2.45, 2.75) is 129 Å². The molecule has 5 unspecified atom stereocenters. The van der Waals surface area contributed by atoms with Crippen molar-refractivity contribution in [3.8, 4) is 0 Å². The first-order valence-electron chi connectivity index (χ1n) is 14.4. The highest BCUT2D eigenvalue weighted by atomic mass is 14.4. The minimum atomic E-state index is 0.978. The van der Waals surface area contributed by atoms with Crippen LogP contribution in [0, 0.1) is 29.6 Å². The summed E-state index contributed by atoms with van der Waals surface area (Å²) in [5.41, 5.74) is 4.98. The Hall–Kier alpha value is -0.780. The normalized spacial score (nSPS) is 30.6. The zero-order chi connectivity index (χ0) is 21.5. The molecule has 1 aromatic rings. The van der Waals surface area contributed by atoms with Crippen LogP contribution in [0.2, 0.25) is 0 Å². The van der Waals surface area contributed by atoms with Crippen LogP contribution in [-0.2, 0) is 19.3 Å². The summed E-state index contributed by atoms with van der Waals surface area (Å²) >= 11 is 0. The van der Waals surface area contributed by atoms with Gasteiger partial charge in [-0.15, -0.1) is 0 Å². The SMILES string of the molecule is CCCCCCCC1CCC2CC(C3CCc4cc(CCCC)ccc4C3)CCC2C1. The van der Waals surface area contributed by atoms with Crippen LogP contribution >= 0.6 is 0 Å². The minimum Gasteiger partial charge on any atom is -0.0654 e. The Kier molecular flexibility index (Phi) is 8.98. The maximum absolute atomic E-state index is 2.56. The quantitative estimate of drug-likeness (QED) is 0.329. The predicted molar refractivity (Wildman–Crippen MR) is 136 cm³/mol. The van der Waals surface area contributed by atoms with Crippen molar-refractivity contribution in [2.75, 3.05) is 0 Å². The Morgan fingerprint density at radius 3 is 2.26 bits per heavy atom. The largest absolute Gasteiger partial charge is 0.0654 e. The Bertz CT molecular complexity index is 658. The maximum Gasteiger partial charge on any atom is -0.0245 e. The summed E-state index contributed by atoms with van der Waals surface area (Å²) < 4.78 is 0. The van der Waals surface area contributed by atoms with Gasteiger partial charge in [-0.1, -0.05) is 83.4 Å². The molecule has 0 amide bonds. The lowest BCUT2D eigenvalue weighted by molar-refractivity contribution is 0.0690. The van der Waals surface area contributed by atoms with E-state index in [1.54, 1.807) is 55.2 Å². The molecular weight excluding hydrogens is 372 g/mol. The van der Waals surface area contributed by atoms with E-state index < -0.39 is 0 Å². The van der Waals surface area contributed by atoms with E-state index >= 15 is 0 Å². The fourth-order valence-corrected chi connectivity index (χ4v) is 7.52. The Balaban J connectivity index is 1.23. The molecule has 5 atom stereocenters. The number of aryl methyl sites for hydroxylation is 2. The molecule has 2 fully saturated rings. The van der Waals surface area contributed by atoms with Crippen molar-refractivity contribution in [2.24, 2.45) is 29.6 Å². The lowest BCUT2D eigenvalue weighted by Crippen LogP contribution is -2.35. The third-order valence-electron chi connectivity index (χ3n) is 9.50. The van der Waals surface area contributed by atoms with Crippen LogP contribution < -0.4 is 0 Å². The maximum atomic E-state index is 2.56. The molecule has 4 rings (SSSR count). The number of fused-ring (bicyclic) bond motifs is 2. The fourth-order valence-electron chi connectivity index (χ4n) is 7.52. The molecule has 3 aliphatic rings. The molecule has 0 aliphatic heterocycles. The van der Waals surface area contributed by atoms with Gasteiger partial charge in [0.05, 0.1) is 0 Å². The molecule has 0 N–H and O–H groups in total. The van der Waals surface area contributed by atoms with E-state index in [1.165, 1.54) is 77.0 Å². The first-order chi connectivity index (χ1) is 15.3. The summed E-state index contributed by atoms with van der Waals surface area (Å²) in [6.07, 6.45) is 26.3. The summed E-state index contributed by atoms with van der Waals surface area (Å²) in [5, 5.41) is 0. The van der Waals surface area contributed by atoms with E-state index in [0.717, 1.165) is 29.6 Å². The van der Waals surface area contributed by atoms with E-state index in [0.29, 0.717) is 0 Å². The van der Waals surface area contributed by atoms with Gasteiger partial charge in [-0.25, -0.2) is 0 Å². The third kappa shape index (κ3) is 6.39. The van der Waals surface area contributed by atoms with Gasteiger partial charge < -0.3 is 0 Å². The van der Waals surface area contributed by atoms with Gasteiger partial charge in [0, 0.05) is 0 Å². The Morgan fingerprint density at radius 2 is 1.42 bits per heavy atom. The smallest absolute Gasteiger partial charge is 0.0245 e. The average molecular weight is 423 g/mol. The molecule has 2 saturated carbocycles. The van der Waals surface area contributed by atoms with E-state index in [-0.39, 0.29) is 0 Å². The van der Waals surface area contributed by atoms with Crippen LogP contribution in [-0.4, -0.2) is 0 Å². The molecule has 0 spiro atoms. The standard InChI is InChI=1S/C31H50/c1-3-5-7-8-9-11-25-13-15-29-23-31(19-17-27(29)21-25)30-18-16-26-20-24(10-6-4-2)12-14-28(26)22-30/h12,14,20,25,27,29-31H,3-11,13,15-19,21-23H2,1-2H3. The van der Waals surface area contributed by atoms with Crippen molar-refractivity contribution >= 4 is 0 Å². The summed E-state index contributed by atoms with van der Waals surface area (Å²) in [6, 6.07) is 7.50. The van der Waals surface area contributed by atoms with E-state index in [2.05, 4.69) is 32.0 Å². The lowest BCUT2D eigenvalue weighted by atomic mass is 9.61. The highest BCUT2D eigenvalue weighted by Gasteiger charge is 2.38. The van der Waals surface area contributed by atoms with Crippen LogP contribution in [0.4, 0.5) is 0 Å². The first kappa shape index (κ1) is 23.4. The van der Waals surface area contributed by atoms with Crippen LogP contribution in [0.3, 0.4) is 0 Å². The van der Waals surface area contributed by atoms with Gasteiger partial charge in [-0.2, -0.15) is 0 Å². The molecule has 0 saturated heterocycles. The van der Waals surface area contributed by atoms with E-state index in [4.69, 9.17) is 0 Å². The molecule has 174 valence electrons. The van der Waals surface area contributed by atoms with E-state index in [1.807, 2.05) is 0 Å². The summed E-state index contributed by atoms with van der Waals surface area (Å²) in [6.45, 7) is 4.63. The van der Waals surface area contributed by atoms with Crippen molar-refractivity contribution in [1.82, 2.24) is 0 Å². The van der Waals surface area contributed by atoms with Gasteiger partial charge in [0.2, 0.25) is 0 Å². The van der Waals surface area contributed by atoms with Crippen LogP contribution in [0.1, 0.15) is 127 Å². The number of benzene rings is 1. The zero-order valence-corrected chi connectivity index (χ0v) is 20.8. The second-order valence-corrected chi connectivity index (χ2v) is 11.7.